The van der Waals surface area contributed by atoms with Crippen molar-refractivity contribution in [3.8, 4) is 11.4 Å². The Labute approximate surface area is 142 Å². The van der Waals surface area contributed by atoms with E-state index in [1.165, 1.54) is 23.9 Å². The van der Waals surface area contributed by atoms with Gasteiger partial charge in [0.2, 0.25) is 0 Å². The van der Waals surface area contributed by atoms with Gasteiger partial charge in [-0.1, -0.05) is 17.8 Å². The highest BCUT2D eigenvalue weighted by Gasteiger charge is 2.16. The molecule has 0 fully saturated rings. The number of nitro groups is 1. The molecule has 0 saturated carbocycles. The maximum atomic E-state index is 11.5. The first-order valence-electron chi connectivity index (χ1n) is 7.14. The number of nitrogens with zero attached hydrogens (tertiary/aromatic N) is 4. The first-order valence-corrected chi connectivity index (χ1v) is 8.12. The molecular formula is C15H16N4O4S. The van der Waals surface area contributed by atoms with E-state index in [9.17, 15) is 14.9 Å². The Morgan fingerprint density at radius 1 is 1.42 bits per heavy atom. The smallest absolute Gasteiger partial charge is 0.316 e. The summed E-state index contributed by atoms with van der Waals surface area (Å²) in [6, 6.07) is 6.05. The number of nitro benzene ring substituents is 1. The van der Waals surface area contributed by atoms with Crippen LogP contribution in [0.25, 0.3) is 11.4 Å². The van der Waals surface area contributed by atoms with Crippen LogP contribution in [0.1, 0.15) is 6.92 Å². The number of carbonyl (C=O) groups excluding carboxylic acids is 1. The normalized spacial score (nSPS) is 10.4. The molecule has 0 unspecified atom stereocenters. The van der Waals surface area contributed by atoms with Crippen molar-refractivity contribution in [2.45, 2.75) is 18.6 Å². The van der Waals surface area contributed by atoms with Crippen molar-refractivity contribution in [3.05, 3.63) is 47.0 Å². The molecule has 1 heterocycles. The molecule has 0 aliphatic heterocycles. The highest BCUT2D eigenvalue weighted by Crippen LogP contribution is 2.25. The van der Waals surface area contributed by atoms with Gasteiger partial charge in [0.15, 0.2) is 11.0 Å². The molecule has 8 nitrogen and oxygen atoms in total. The molecule has 0 spiro atoms. The van der Waals surface area contributed by atoms with Crippen molar-refractivity contribution in [1.29, 1.82) is 0 Å². The predicted molar refractivity (Wildman–Crippen MR) is 89.7 cm³/mol. The minimum Gasteiger partial charge on any atom is -0.465 e. The summed E-state index contributed by atoms with van der Waals surface area (Å²) in [4.78, 5) is 21.8. The third-order valence-corrected chi connectivity index (χ3v) is 3.93. The van der Waals surface area contributed by atoms with Crippen LogP contribution in [0.2, 0.25) is 0 Å². The van der Waals surface area contributed by atoms with Crippen molar-refractivity contribution < 1.29 is 14.5 Å². The lowest BCUT2D eigenvalue weighted by Gasteiger charge is -2.07. The molecule has 1 aromatic heterocycles. The summed E-state index contributed by atoms with van der Waals surface area (Å²) >= 11 is 1.22. The van der Waals surface area contributed by atoms with E-state index in [1.807, 2.05) is 0 Å². The number of esters is 1. The number of aromatic nitrogens is 3. The lowest BCUT2D eigenvalue weighted by molar-refractivity contribution is -0.384. The zero-order valence-electron chi connectivity index (χ0n) is 13.0. The van der Waals surface area contributed by atoms with Crippen LogP contribution in [-0.4, -0.2) is 38.0 Å². The van der Waals surface area contributed by atoms with Crippen LogP contribution in [0, 0.1) is 10.1 Å². The Morgan fingerprint density at radius 3 is 2.71 bits per heavy atom. The van der Waals surface area contributed by atoms with E-state index in [0.29, 0.717) is 29.7 Å². The van der Waals surface area contributed by atoms with Gasteiger partial charge in [-0.25, -0.2) is 0 Å². The SMILES string of the molecule is C=CCn1c(SCC(=O)OCC)nnc1-c1ccc([N+](=O)[O-])cc1. The van der Waals surface area contributed by atoms with Crippen LogP contribution in [0.15, 0.2) is 42.1 Å². The van der Waals surface area contributed by atoms with Crippen LogP contribution in [-0.2, 0) is 16.1 Å². The molecule has 0 atom stereocenters. The average Bonchev–Trinajstić information content (AvgIpc) is 2.96. The molecule has 126 valence electrons. The molecule has 0 aliphatic rings. The molecule has 9 heteroatoms. The molecule has 24 heavy (non-hydrogen) atoms. The summed E-state index contributed by atoms with van der Waals surface area (Å²) in [5, 5.41) is 19.5. The van der Waals surface area contributed by atoms with Crippen LogP contribution in [0.4, 0.5) is 5.69 Å². The van der Waals surface area contributed by atoms with E-state index in [4.69, 9.17) is 4.74 Å². The number of thioether (sulfide) groups is 1. The second-order valence-electron chi connectivity index (χ2n) is 4.60. The minimum atomic E-state index is -0.459. The van der Waals surface area contributed by atoms with Gasteiger partial charge in [0.25, 0.3) is 5.69 Å². The highest BCUT2D eigenvalue weighted by atomic mass is 32.2. The monoisotopic (exact) mass is 348 g/mol. The van der Waals surface area contributed by atoms with E-state index in [2.05, 4.69) is 16.8 Å². The number of hydrogen-bond donors (Lipinski definition) is 0. The summed E-state index contributed by atoms with van der Waals surface area (Å²) in [6.07, 6.45) is 1.69. The third-order valence-electron chi connectivity index (χ3n) is 2.99. The quantitative estimate of drug-likeness (QED) is 0.238. The average molecular weight is 348 g/mol. The second kappa shape index (κ2) is 8.25. The fourth-order valence-corrected chi connectivity index (χ4v) is 2.71. The number of carbonyl (C=O) groups is 1. The van der Waals surface area contributed by atoms with Gasteiger partial charge in [-0.2, -0.15) is 0 Å². The van der Waals surface area contributed by atoms with E-state index in [-0.39, 0.29) is 17.4 Å². The summed E-state index contributed by atoms with van der Waals surface area (Å²) in [7, 11) is 0. The summed E-state index contributed by atoms with van der Waals surface area (Å²) in [5.74, 6) is 0.354. The Kier molecular flexibility index (Phi) is 6.07. The van der Waals surface area contributed by atoms with Crippen molar-refractivity contribution in [2.24, 2.45) is 0 Å². The summed E-state index contributed by atoms with van der Waals surface area (Å²) < 4.78 is 6.68. The molecule has 1 aromatic carbocycles. The Morgan fingerprint density at radius 2 is 2.12 bits per heavy atom. The molecule has 0 amide bonds. The summed E-state index contributed by atoms with van der Waals surface area (Å²) in [5.41, 5.74) is 0.698. The van der Waals surface area contributed by atoms with Gasteiger partial charge in [-0.15, -0.1) is 16.8 Å². The van der Waals surface area contributed by atoms with E-state index in [0.717, 1.165) is 0 Å². The molecule has 0 saturated heterocycles. The number of non-ortho nitro benzene ring substituents is 1. The van der Waals surface area contributed by atoms with Gasteiger partial charge in [0.1, 0.15) is 0 Å². The number of ether oxygens (including phenoxy) is 1. The number of rotatable bonds is 8. The fraction of sp³-hybridized carbons (Fsp3) is 0.267. The molecule has 0 aliphatic carbocycles. The zero-order chi connectivity index (χ0) is 17.5. The van der Waals surface area contributed by atoms with Gasteiger partial charge in [-0.05, 0) is 19.1 Å². The van der Waals surface area contributed by atoms with E-state index in [1.54, 1.807) is 29.7 Å². The van der Waals surface area contributed by atoms with Crippen molar-refractivity contribution in [1.82, 2.24) is 14.8 Å². The van der Waals surface area contributed by atoms with E-state index < -0.39 is 4.92 Å². The fourth-order valence-electron chi connectivity index (χ4n) is 1.96. The van der Waals surface area contributed by atoms with Crippen LogP contribution < -0.4 is 0 Å². The van der Waals surface area contributed by atoms with Crippen LogP contribution in [0.3, 0.4) is 0 Å². The minimum absolute atomic E-state index is 0.00504. The van der Waals surface area contributed by atoms with Crippen LogP contribution in [0.5, 0.6) is 0 Å². The Bertz CT molecular complexity index is 742. The lowest BCUT2D eigenvalue weighted by atomic mass is 10.2. The van der Waals surface area contributed by atoms with Gasteiger partial charge in [-0.3, -0.25) is 19.5 Å². The first kappa shape index (κ1) is 17.7. The van der Waals surface area contributed by atoms with Gasteiger partial charge >= 0.3 is 5.97 Å². The third kappa shape index (κ3) is 4.19. The molecule has 0 N–H and O–H groups in total. The maximum Gasteiger partial charge on any atom is 0.316 e. The first-order chi connectivity index (χ1) is 11.6. The van der Waals surface area contributed by atoms with Gasteiger partial charge in [0, 0.05) is 24.2 Å². The zero-order valence-corrected chi connectivity index (χ0v) is 13.9. The van der Waals surface area contributed by atoms with Crippen molar-refractivity contribution >= 4 is 23.4 Å². The largest absolute Gasteiger partial charge is 0.465 e. The molecule has 0 bridgehead atoms. The van der Waals surface area contributed by atoms with Gasteiger partial charge in [0.05, 0.1) is 17.3 Å². The number of hydrogen-bond acceptors (Lipinski definition) is 7. The lowest BCUT2D eigenvalue weighted by Crippen LogP contribution is -2.08. The Hall–Kier alpha value is -2.68. The van der Waals surface area contributed by atoms with Gasteiger partial charge < -0.3 is 4.74 Å². The van der Waals surface area contributed by atoms with Crippen molar-refractivity contribution in [3.63, 3.8) is 0 Å². The predicted octanol–water partition coefficient (Wildman–Crippen LogP) is 2.69. The van der Waals surface area contributed by atoms with Crippen molar-refractivity contribution in [2.75, 3.05) is 12.4 Å². The van der Waals surface area contributed by atoms with E-state index >= 15 is 0 Å². The molecule has 2 rings (SSSR count). The summed E-state index contributed by atoms with van der Waals surface area (Å²) in [6.45, 7) is 6.23. The molecule has 0 radical (unpaired) electrons. The maximum absolute atomic E-state index is 11.5. The van der Waals surface area contributed by atoms with Crippen LogP contribution >= 0.6 is 11.8 Å². The topological polar surface area (TPSA) is 100 Å². The standard InChI is InChI=1S/C15H16N4O4S/c1-3-9-18-14(11-5-7-12(8-6-11)19(21)22)16-17-15(18)24-10-13(20)23-4-2/h3,5-8H,1,4,9-10H2,2H3. The second-order valence-corrected chi connectivity index (χ2v) is 5.55. The molecule has 2 aromatic rings. The number of allylic oxidation sites excluding steroid dienone is 1. The Balaban J connectivity index is 2.25. The highest BCUT2D eigenvalue weighted by molar-refractivity contribution is 7.99. The number of benzene rings is 1. The molecular weight excluding hydrogens is 332 g/mol.